The Morgan fingerprint density at radius 1 is 1.56 bits per heavy atom. The zero-order chi connectivity index (χ0) is 13.6. The van der Waals surface area contributed by atoms with E-state index in [0.29, 0.717) is 0 Å². The number of rotatable bonds is 7. The molecule has 1 saturated heterocycles. The highest BCUT2D eigenvalue weighted by molar-refractivity contribution is 4.83. The molecule has 108 valence electrons. The van der Waals surface area contributed by atoms with E-state index < -0.39 is 0 Å². The summed E-state index contributed by atoms with van der Waals surface area (Å²) >= 11 is 0. The van der Waals surface area contributed by atoms with Gasteiger partial charge in [0.25, 0.3) is 0 Å². The lowest BCUT2D eigenvalue weighted by Gasteiger charge is -2.37. The lowest BCUT2D eigenvalue weighted by atomic mass is 9.96. The van der Waals surface area contributed by atoms with Crippen LogP contribution >= 0.6 is 0 Å². The topological polar surface area (TPSA) is 59.8 Å². The van der Waals surface area contributed by atoms with Crippen molar-refractivity contribution in [2.45, 2.75) is 51.4 Å². The minimum absolute atomic E-state index is 0.103. The van der Waals surface area contributed by atoms with Crippen molar-refractivity contribution in [2.24, 2.45) is 5.84 Å². The Morgan fingerprint density at radius 3 is 2.83 bits per heavy atom. The van der Waals surface area contributed by atoms with Crippen molar-refractivity contribution in [3.05, 3.63) is 0 Å². The van der Waals surface area contributed by atoms with Crippen LogP contribution in [0.4, 0.5) is 0 Å². The Kier molecular flexibility index (Phi) is 6.52. The molecule has 1 aliphatic rings. The number of nitrogens with zero attached hydrogens (tertiary/aromatic N) is 1. The zero-order valence-corrected chi connectivity index (χ0v) is 12.2. The van der Waals surface area contributed by atoms with Gasteiger partial charge in [0.1, 0.15) is 0 Å². The van der Waals surface area contributed by atoms with Crippen LogP contribution in [-0.4, -0.2) is 56.0 Å². The van der Waals surface area contributed by atoms with E-state index in [1.807, 2.05) is 0 Å². The first-order valence-corrected chi connectivity index (χ1v) is 6.87. The molecule has 2 unspecified atom stereocenters. The summed E-state index contributed by atoms with van der Waals surface area (Å²) in [7, 11) is 1.75. The lowest BCUT2D eigenvalue weighted by molar-refractivity contribution is -0.0524. The summed E-state index contributed by atoms with van der Waals surface area (Å²) in [4.78, 5) is 2.40. The highest BCUT2D eigenvalue weighted by Crippen LogP contribution is 2.19. The van der Waals surface area contributed by atoms with Gasteiger partial charge in [0, 0.05) is 26.2 Å². The summed E-state index contributed by atoms with van der Waals surface area (Å²) in [5.74, 6) is 5.67. The van der Waals surface area contributed by atoms with Crippen molar-refractivity contribution in [3.8, 4) is 0 Å². The molecule has 0 aromatic rings. The van der Waals surface area contributed by atoms with Crippen LogP contribution in [-0.2, 0) is 9.47 Å². The first-order valence-electron chi connectivity index (χ1n) is 6.87. The number of likely N-dealkylation sites (N-methyl/N-ethyl adjacent to an activating group) is 1. The maximum atomic E-state index is 5.84. The second-order valence-corrected chi connectivity index (χ2v) is 5.58. The minimum atomic E-state index is -0.103. The first kappa shape index (κ1) is 15.9. The van der Waals surface area contributed by atoms with Gasteiger partial charge < -0.3 is 9.47 Å². The van der Waals surface area contributed by atoms with Crippen LogP contribution in [0.5, 0.6) is 0 Å². The maximum absolute atomic E-state index is 5.84. The molecule has 1 heterocycles. The third-order valence-corrected chi connectivity index (χ3v) is 3.90. The van der Waals surface area contributed by atoms with Gasteiger partial charge in [-0.05, 0) is 33.2 Å². The lowest BCUT2D eigenvalue weighted by Crippen LogP contribution is -2.54. The molecule has 1 aliphatic heterocycles. The number of morpholine rings is 1. The molecule has 1 fully saturated rings. The average molecular weight is 259 g/mol. The quantitative estimate of drug-likeness (QED) is 0.522. The Labute approximate surface area is 111 Å². The monoisotopic (exact) mass is 259 g/mol. The van der Waals surface area contributed by atoms with Gasteiger partial charge >= 0.3 is 0 Å². The molecular formula is C13H29N3O2. The van der Waals surface area contributed by atoms with Gasteiger partial charge in [0.2, 0.25) is 0 Å². The van der Waals surface area contributed by atoms with E-state index in [1.54, 1.807) is 7.11 Å². The maximum Gasteiger partial charge on any atom is 0.0868 e. The predicted octanol–water partition coefficient (Wildman–Crippen LogP) is 0.744. The van der Waals surface area contributed by atoms with E-state index >= 15 is 0 Å². The summed E-state index contributed by atoms with van der Waals surface area (Å²) in [6, 6.07) is 0.189. The second-order valence-electron chi connectivity index (χ2n) is 5.58. The number of hydrogen-bond acceptors (Lipinski definition) is 5. The molecule has 0 aliphatic carbocycles. The third kappa shape index (κ3) is 4.82. The molecule has 5 nitrogen and oxygen atoms in total. The molecule has 1 rings (SSSR count). The number of methoxy groups -OCH3 is 1. The van der Waals surface area contributed by atoms with Gasteiger partial charge in [-0.25, -0.2) is 0 Å². The van der Waals surface area contributed by atoms with Crippen molar-refractivity contribution >= 4 is 0 Å². The molecular weight excluding hydrogens is 230 g/mol. The van der Waals surface area contributed by atoms with Gasteiger partial charge in [-0.2, -0.15) is 0 Å². The van der Waals surface area contributed by atoms with E-state index in [9.17, 15) is 0 Å². The summed E-state index contributed by atoms with van der Waals surface area (Å²) in [5.41, 5.74) is 2.80. The fourth-order valence-corrected chi connectivity index (χ4v) is 2.24. The number of hydrazine groups is 1. The van der Waals surface area contributed by atoms with Crippen molar-refractivity contribution in [1.82, 2.24) is 10.3 Å². The van der Waals surface area contributed by atoms with E-state index in [1.165, 1.54) is 0 Å². The van der Waals surface area contributed by atoms with Crippen LogP contribution in [0, 0.1) is 0 Å². The van der Waals surface area contributed by atoms with Crippen molar-refractivity contribution in [1.29, 1.82) is 0 Å². The molecule has 0 radical (unpaired) electrons. The highest BCUT2D eigenvalue weighted by atomic mass is 16.5. The Bertz CT molecular complexity index is 236. The first-order chi connectivity index (χ1) is 8.52. The molecule has 0 aromatic carbocycles. The number of nitrogens with two attached hydrogens (primary N) is 1. The highest BCUT2D eigenvalue weighted by Gasteiger charge is 2.28. The summed E-state index contributed by atoms with van der Waals surface area (Å²) in [5, 5.41) is 0. The fourth-order valence-electron chi connectivity index (χ4n) is 2.24. The van der Waals surface area contributed by atoms with Crippen molar-refractivity contribution in [2.75, 3.05) is 33.4 Å². The van der Waals surface area contributed by atoms with E-state index in [0.717, 1.165) is 39.1 Å². The number of nitrogens with one attached hydrogen (secondary N) is 1. The fraction of sp³-hybridized carbons (Fsp3) is 1.00. The van der Waals surface area contributed by atoms with Gasteiger partial charge in [-0.3, -0.25) is 16.2 Å². The van der Waals surface area contributed by atoms with Crippen molar-refractivity contribution < 1.29 is 9.47 Å². The van der Waals surface area contributed by atoms with Gasteiger partial charge in [0.05, 0.1) is 18.3 Å². The molecule has 0 aromatic heterocycles. The van der Waals surface area contributed by atoms with E-state index in [-0.39, 0.29) is 17.7 Å². The van der Waals surface area contributed by atoms with Crippen LogP contribution < -0.4 is 11.3 Å². The van der Waals surface area contributed by atoms with Crippen LogP contribution in [0.1, 0.15) is 33.6 Å². The summed E-state index contributed by atoms with van der Waals surface area (Å²) in [6.07, 6.45) is 2.10. The van der Waals surface area contributed by atoms with Crippen LogP contribution in [0.15, 0.2) is 0 Å². The van der Waals surface area contributed by atoms with Crippen LogP contribution in [0.3, 0.4) is 0 Å². The summed E-state index contributed by atoms with van der Waals surface area (Å²) < 4.78 is 11.3. The Hall–Kier alpha value is -0.200. The van der Waals surface area contributed by atoms with Crippen LogP contribution in [0.2, 0.25) is 0 Å². The molecule has 18 heavy (non-hydrogen) atoms. The molecule has 0 amide bonds. The molecule has 0 spiro atoms. The largest absolute Gasteiger partial charge is 0.379 e. The van der Waals surface area contributed by atoms with Crippen molar-refractivity contribution in [3.63, 3.8) is 0 Å². The number of hydrogen-bond donors (Lipinski definition) is 2. The Morgan fingerprint density at radius 2 is 2.28 bits per heavy atom. The third-order valence-electron chi connectivity index (χ3n) is 3.90. The standard InChI is InChI=1S/C13H29N3O2/c1-5-16-8-9-18-12(10-16)11(15-14)6-7-13(2,3)17-4/h11-12,15H,5-10,14H2,1-4H3. The predicted molar refractivity (Wildman–Crippen MR) is 73.3 cm³/mol. The molecule has 3 N–H and O–H groups in total. The summed E-state index contributed by atoms with van der Waals surface area (Å²) in [6.45, 7) is 10.2. The molecule has 0 saturated carbocycles. The molecule has 2 atom stereocenters. The van der Waals surface area contributed by atoms with Crippen LogP contribution in [0.25, 0.3) is 0 Å². The van der Waals surface area contributed by atoms with E-state index in [2.05, 4.69) is 31.1 Å². The smallest absolute Gasteiger partial charge is 0.0868 e. The minimum Gasteiger partial charge on any atom is -0.379 e. The molecule has 5 heteroatoms. The van der Waals surface area contributed by atoms with E-state index in [4.69, 9.17) is 15.3 Å². The second kappa shape index (κ2) is 7.40. The average Bonchev–Trinajstić information content (AvgIpc) is 2.39. The number of ether oxygens (including phenoxy) is 2. The van der Waals surface area contributed by atoms with Gasteiger partial charge in [-0.15, -0.1) is 0 Å². The zero-order valence-electron chi connectivity index (χ0n) is 12.2. The SMILES string of the molecule is CCN1CCOC(C(CCC(C)(C)OC)NN)C1. The van der Waals surface area contributed by atoms with Gasteiger partial charge in [0.15, 0.2) is 0 Å². The Balaban J connectivity index is 2.44. The molecule has 0 bridgehead atoms. The van der Waals surface area contributed by atoms with Gasteiger partial charge in [-0.1, -0.05) is 6.92 Å². The normalized spacial score (nSPS) is 24.2.